The standard InChI is InChI=1S/C16H16FI.CH4N2S/c1-10-6-11(2)15(9-18)14(7-10)13-4-5-16(17)12(3)8-13;2-1(3)4/h4-8H,9H2,1-3H3;(H4,2,3,4). The molecular weight excluding hydrogens is 410 g/mol. The maximum Gasteiger partial charge on any atom is 0.147 e. The van der Waals surface area contributed by atoms with Crippen molar-refractivity contribution >= 4 is 40.4 Å². The van der Waals surface area contributed by atoms with E-state index in [0.717, 1.165) is 9.99 Å². The van der Waals surface area contributed by atoms with E-state index in [0.29, 0.717) is 5.56 Å². The molecule has 2 rings (SSSR count). The second-order valence-electron chi connectivity index (χ2n) is 5.09. The van der Waals surface area contributed by atoms with Crippen molar-refractivity contribution in [2.75, 3.05) is 0 Å². The monoisotopic (exact) mass is 430 g/mol. The van der Waals surface area contributed by atoms with Gasteiger partial charge in [-0.15, -0.1) is 12.6 Å². The third kappa shape index (κ3) is 5.28. The van der Waals surface area contributed by atoms with Crippen LogP contribution in [-0.4, -0.2) is 5.17 Å². The Morgan fingerprint density at radius 2 is 1.77 bits per heavy atom. The number of hydrogen-bond donors (Lipinski definition) is 3. The van der Waals surface area contributed by atoms with E-state index in [1.165, 1.54) is 22.3 Å². The van der Waals surface area contributed by atoms with Crippen LogP contribution in [0.25, 0.3) is 11.1 Å². The fourth-order valence-electron chi connectivity index (χ4n) is 2.24. The zero-order chi connectivity index (χ0) is 16.9. The highest BCUT2D eigenvalue weighted by Gasteiger charge is 2.09. The Balaban J connectivity index is 0.000000541. The van der Waals surface area contributed by atoms with Gasteiger partial charge in [0.25, 0.3) is 0 Å². The van der Waals surface area contributed by atoms with Crippen LogP contribution < -0.4 is 5.73 Å². The molecule has 0 amide bonds. The lowest BCUT2D eigenvalue weighted by molar-refractivity contribution is 0.619. The van der Waals surface area contributed by atoms with Crippen molar-refractivity contribution in [3.63, 3.8) is 0 Å². The Bertz CT molecular complexity index is 683. The van der Waals surface area contributed by atoms with Gasteiger partial charge in [-0.2, -0.15) is 0 Å². The topological polar surface area (TPSA) is 49.9 Å². The number of halogens is 2. The normalized spacial score (nSPS) is 9.91. The van der Waals surface area contributed by atoms with Gasteiger partial charge in [0.2, 0.25) is 0 Å². The number of hydrogen-bond acceptors (Lipinski definition) is 1. The number of rotatable bonds is 2. The van der Waals surface area contributed by atoms with Crippen molar-refractivity contribution in [1.29, 1.82) is 5.41 Å². The van der Waals surface area contributed by atoms with Crippen LogP contribution in [0.15, 0.2) is 30.3 Å². The molecule has 0 fully saturated rings. The minimum Gasteiger partial charge on any atom is -0.379 e. The van der Waals surface area contributed by atoms with E-state index < -0.39 is 0 Å². The molecule has 0 saturated carbocycles. The van der Waals surface area contributed by atoms with Gasteiger partial charge in [-0.3, -0.25) is 5.41 Å². The zero-order valence-corrected chi connectivity index (χ0v) is 15.9. The molecule has 0 heterocycles. The molecule has 0 aliphatic heterocycles. The molecule has 2 nitrogen and oxygen atoms in total. The molecule has 0 atom stereocenters. The van der Waals surface area contributed by atoms with Gasteiger partial charge in [-0.25, -0.2) is 4.39 Å². The Hall–Kier alpha value is -1.08. The van der Waals surface area contributed by atoms with Crippen LogP contribution in [0, 0.1) is 32.0 Å². The minimum atomic E-state index is -0.140. The Labute approximate surface area is 150 Å². The first-order valence-corrected chi connectivity index (χ1v) is 8.69. The molecule has 0 aromatic heterocycles. The van der Waals surface area contributed by atoms with Gasteiger partial charge in [0.15, 0.2) is 0 Å². The highest BCUT2D eigenvalue weighted by Crippen LogP contribution is 2.30. The van der Waals surface area contributed by atoms with Crippen LogP contribution in [0.5, 0.6) is 0 Å². The third-order valence-electron chi connectivity index (χ3n) is 3.22. The summed E-state index contributed by atoms with van der Waals surface area (Å²) < 4.78 is 14.3. The number of nitrogens with one attached hydrogen (secondary N) is 1. The quantitative estimate of drug-likeness (QED) is 0.199. The van der Waals surface area contributed by atoms with Crippen molar-refractivity contribution in [2.24, 2.45) is 5.73 Å². The van der Waals surface area contributed by atoms with E-state index in [1.807, 2.05) is 19.1 Å². The Kier molecular flexibility index (Phi) is 7.35. The molecular formula is C17H20FIN2S. The summed E-state index contributed by atoms with van der Waals surface area (Å²) in [4.78, 5) is 0. The van der Waals surface area contributed by atoms with E-state index in [-0.39, 0.29) is 11.0 Å². The molecule has 0 saturated heterocycles. The molecule has 0 spiro atoms. The molecule has 0 aliphatic rings. The largest absolute Gasteiger partial charge is 0.379 e. The van der Waals surface area contributed by atoms with Crippen LogP contribution in [0.2, 0.25) is 0 Å². The summed E-state index contributed by atoms with van der Waals surface area (Å²) in [6, 6.07) is 9.74. The van der Waals surface area contributed by atoms with E-state index in [1.54, 1.807) is 6.07 Å². The van der Waals surface area contributed by atoms with E-state index in [4.69, 9.17) is 5.41 Å². The maximum absolute atomic E-state index is 13.4. The lowest BCUT2D eigenvalue weighted by Gasteiger charge is -2.13. The van der Waals surface area contributed by atoms with Gasteiger partial charge < -0.3 is 5.73 Å². The molecule has 2 aromatic carbocycles. The number of alkyl halides is 1. The Morgan fingerprint density at radius 3 is 2.27 bits per heavy atom. The van der Waals surface area contributed by atoms with Crippen LogP contribution in [0.1, 0.15) is 22.3 Å². The molecule has 3 N–H and O–H groups in total. The summed E-state index contributed by atoms with van der Waals surface area (Å²) in [5.41, 5.74) is 11.5. The first kappa shape index (κ1) is 19.0. The highest BCUT2D eigenvalue weighted by molar-refractivity contribution is 14.1. The number of nitrogens with two attached hydrogens (primary N) is 1. The van der Waals surface area contributed by atoms with Gasteiger partial charge >= 0.3 is 0 Å². The predicted molar refractivity (Wildman–Crippen MR) is 105 cm³/mol. The van der Waals surface area contributed by atoms with Gasteiger partial charge in [-0.1, -0.05) is 46.4 Å². The molecule has 0 bridgehead atoms. The lowest BCUT2D eigenvalue weighted by atomic mass is 9.94. The molecule has 2 aromatic rings. The fraction of sp³-hybridized carbons (Fsp3) is 0.235. The summed E-state index contributed by atoms with van der Waals surface area (Å²) in [6.45, 7) is 6.05. The van der Waals surface area contributed by atoms with Crippen LogP contribution in [0.3, 0.4) is 0 Å². The molecule has 118 valence electrons. The SMILES string of the molecule is Cc1cc(C)c(CI)c(-c2ccc(F)c(C)c2)c1.N=C(N)S. The van der Waals surface area contributed by atoms with E-state index >= 15 is 0 Å². The van der Waals surface area contributed by atoms with Gasteiger partial charge in [0, 0.05) is 4.43 Å². The van der Waals surface area contributed by atoms with Crippen molar-refractivity contribution < 1.29 is 4.39 Å². The fourth-order valence-corrected chi connectivity index (χ4v) is 3.26. The summed E-state index contributed by atoms with van der Waals surface area (Å²) >= 11 is 5.71. The summed E-state index contributed by atoms with van der Waals surface area (Å²) in [6.07, 6.45) is 0. The van der Waals surface area contributed by atoms with Crippen LogP contribution >= 0.6 is 35.2 Å². The number of benzene rings is 2. The van der Waals surface area contributed by atoms with Crippen molar-refractivity contribution in [3.05, 3.63) is 58.4 Å². The van der Waals surface area contributed by atoms with Crippen LogP contribution in [-0.2, 0) is 4.43 Å². The number of amidine groups is 1. The van der Waals surface area contributed by atoms with Gasteiger partial charge in [-0.05, 0) is 60.7 Å². The average molecular weight is 430 g/mol. The molecule has 0 aliphatic carbocycles. The first-order valence-electron chi connectivity index (χ1n) is 6.71. The minimum absolute atomic E-state index is 0.139. The van der Waals surface area contributed by atoms with Crippen molar-refractivity contribution in [1.82, 2.24) is 0 Å². The van der Waals surface area contributed by atoms with E-state index in [2.05, 4.69) is 66.9 Å². The summed E-state index contributed by atoms with van der Waals surface area (Å²) in [5.74, 6) is -0.140. The van der Waals surface area contributed by atoms with E-state index in [9.17, 15) is 4.39 Å². The Morgan fingerprint density at radius 1 is 1.18 bits per heavy atom. The lowest BCUT2D eigenvalue weighted by Crippen LogP contribution is -1.96. The van der Waals surface area contributed by atoms with Crippen LogP contribution in [0.4, 0.5) is 4.39 Å². The molecule has 0 radical (unpaired) electrons. The smallest absolute Gasteiger partial charge is 0.147 e. The molecule has 0 unspecified atom stereocenters. The predicted octanol–water partition coefficient (Wildman–Crippen LogP) is 5.16. The molecule has 5 heteroatoms. The maximum atomic E-state index is 13.4. The third-order valence-corrected chi connectivity index (χ3v) is 3.98. The second kappa shape index (κ2) is 8.53. The van der Waals surface area contributed by atoms with Gasteiger partial charge in [0.05, 0.1) is 0 Å². The highest BCUT2D eigenvalue weighted by atomic mass is 127. The summed E-state index contributed by atoms with van der Waals surface area (Å²) in [5, 5.41) is 6.00. The zero-order valence-electron chi connectivity index (χ0n) is 12.9. The second-order valence-corrected chi connectivity index (χ2v) is 6.34. The van der Waals surface area contributed by atoms with Crippen molar-refractivity contribution in [3.8, 4) is 11.1 Å². The number of aryl methyl sites for hydroxylation is 3. The molecule has 22 heavy (non-hydrogen) atoms. The van der Waals surface area contributed by atoms with Gasteiger partial charge in [0.1, 0.15) is 11.0 Å². The number of thiol groups is 1. The average Bonchev–Trinajstić information content (AvgIpc) is 2.40. The summed E-state index contributed by atoms with van der Waals surface area (Å²) in [7, 11) is 0. The van der Waals surface area contributed by atoms with Crippen molar-refractivity contribution in [2.45, 2.75) is 25.2 Å². The first-order chi connectivity index (χ1) is 10.3.